The van der Waals surface area contributed by atoms with Crippen LogP contribution in [0.4, 0.5) is 5.13 Å². The Morgan fingerprint density at radius 2 is 2.05 bits per heavy atom. The Kier molecular flexibility index (Phi) is 5.62. The third kappa shape index (κ3) is 4.87. The van der Waals surface area contributed by atoms with Crippen LogP contribution in [0, 0.1) is 0 Å². The molecule has 1 heterocycles. The molecule has 0 aliphatic carbocycles. The monoisotopic (exact) mass is 277 g/mol. The highest BCUT2D eigenvalue weighted by Crippen LogP contribution is 2.15. The van der Waals surface area contributed by atoms with E-state index in [-0.39, 0.29) is 0 Å². The predicted molar refractivity (Wildman–Crippen MR) is 78.7 cm³/mol. The molecule has 0 atom stereocenters. The number of hydrogen-bond acceptors (Lipinski definition) is 5. The van der Waals surface area contributed by atoms with Gasteiger partial charge in [0.05, 0.1) is 6.61 Å². The molecular formula is C14H19N3OS. The Morgan fingerprint density at radius 1 is 1.21 bits per heavy atom. The number of ether oxygens (including phenoxy) is 1. The number of nitrogens with one attached hydrogen (secondary N) is 1. The van der Waals surface area contributed by atoms with Gasteiger partial charge in [0.1, 0.15) is 11.3 Å². The molecule has 0 radical (unpaired) electrons. The van der Waals surface area contributed by atoms with Crippen LogP contribution in [0.15, 0.2) is 29.8 Å². The number of aromatic nitrogens is 2. The molecule has 2 aromatic rings. The van der Waals surface area contributed by atoms with Gasteiger partial charge in [-0.3, -0.25) is 0 Å². The maximum absolute atomic E-state index is 5.67. The molecule has 0 saturated heterocycles. The average Bonchev–Trinajstić information content (AvgIpc) is 2.96. The van der Waals surface area contributed by atoms with Crippen molar-refractivity contribution in [2.45, 2.75) is 32.7 Å². The lowest BCUT2D eigenvalue weighted by atomic mass is 10.2. The minimum atomic E-state index is 0.755. The normalized spacial score (nSPS) is 10.4. The van der Waals surface area contributed by atoms with Crippen LogP contribution in [0.25, 0.3) is 0 Å². The first-order valence-electron chi connectivity index (χ1n) is 6.60. The summed E-state index contributed by atoms with van der Waals surface area (Å²) in [6.07, 6.45) is 3.57. The summed E-state index contributed by atoms with van der Waals surface area (Å²) < 4.78 is 5.67. The fourth-order valence-electron chi connectivity index (χ4n) is 1.67. The predicted octanol–water partition coefficient (Wildman–Crippen LogP) is 3.72. The fourth-order valence-corrected chi connectivity index (χ4v) is 2.12. The quantitative estimate of drug-likeness (QED) is 0.747. The van der Waals surface area contributed by atoms with Crippen LogP contribution in [-0.2, 0) is 6.54 Å². The standard InChI is InChI=1S/C14H19N3OS/c1-2-3-4-9-18-13-7-5-12(6-8-13)10-15-14-17-16-11-19-14/h5-8,11H,2-4,9-10H2,1H3,(H,15,17). The second-order valence-corrected chi connectivity index (χ2v) is 5.13. The fraction of sp³-hybridized carbons (Fsp3) is 0.429. The topological polar surface area (TPSA) is 47.0 Å². The molecule has 2 rings (SSSR count). The number of nitrogens with zero attached hydrogens (tertiary/aromatic N) is 2. The minimum absolute atomic E-state index is 0.755. The van der Waals surface area contributed by atoms with Gasteiger partial charge in [-0.2, -0.15) is 0 Å². The van der Waals surface area contributed by atoms with E-state index in [1.54, 1.807) is 5.51 Å². The summed E-state index contributed by atoms with van der Waals surface area (Å²) in [6.45, 7) is 3.75. The van der Waals surface area contributed by atoms with Gasteiger partial charge in [-0.1, -0.05) is 43.2 Å². The van der Waals surface area contributed by atoms with E-state index in [1.807, 2.05) is 12.1 Å². The molecule has 102 valence electrons. The van der Waals surface area contributed by atoms with Crippen LogP contribution in [-0.4, -0.2) is 16.8 Å². The van der Waals surface area contributed by atoms with E-state index in [0.717, 1.165) is 30.5 Å². The highest BCUT2D eigenvalue weighted by atomic mass is 32.1. The van der Waals surface area contributed by atoms with Gasteiger partial charge in [0, 0.05) is 6.54 Å². The van der Waals surface area contributed by atoms with Crippen molar-refractivity contribution in [2.75, 3.05) is 11.9 Å². The second-order valence-electron chi connectivity index (χ2n) is 4.30. The van der Waals surface area contributed by atoms with Crippen molar-refractivity contribution in [3.63, 3.8) is 0 Å². The van der Waals surface area contributed by atoms with Gasteiger partial charge in [-0.25, -0.2) is 0 Å². The Balaban J connectivity index is 1.74. The molecule has 0 spiro atoms. The number of benzene rings is 1. The highest BCUT2D eigenvalue weighted by Gasteiger charge is 1.98. The van der Waals surface area contributed by atoms with Crippen molar-refractivity contribution >= 4 is 16.5 Å². The number of hydrogen-bond donors (Lipinski definition) is 1. The van der Waals surface area contributed by atoms with E-state index < -0.39 is 0 Å². The summed E-state index contributed by atoms with van der Waals surface area (Å²) >= 11 is 1.50. The van der Waals surface area contributed by atoms with Gasteiger partial charge in [-0.15, -0.1) is 10.2 Å². The van der Waals surface area contributed by atoms with Crippen molar-refractivity contribution in [3.8, 4) is 5.75 Å². The molecule has 4 nitrogen and oxygen atoms in total. The van der Waals surface area contributed by atoms with Crippen molar-refractivity contribution < 1.29 is 4.74 Å². The first kappa shape index (κ1) is 13.8. The second kappa shape index (κ2) is 7.74. The Morgan fingerprint density at radius 3 is 2.74 bits per heavy atom. The molecule has 0 unspecified atom stereocenters. The SMILES string of the molecule is CCCCCOc1ccc(CNc2nncs2)cc1. The zero-order valence-electron chi connectivity index (χ0n) is 11.1. The van der Waals surface area contributed by atoms with Gasteiger partial charge in [-0.05, 0) is 24.1 Å². The number of rotatable bonds is 8. The zero-order chi connectivity index (χ0) is 13.3. The van der Waals surface area contributed by atoms with Crippen LogP contribution in [0.5, 0.6) is 5.75 Å². The smallest absolute Gasteiger partial charge is 0.205 e. The Hall–Kier alpha value is -1.62. The summed E-state index contributed by atoms with van der Waals surface area (Å²) in [7, 11) is 0. The van der Waals surface area contributed by atoms with Crippen molar-refractivity contribution in [2.24, 2.45) is 0 Å². The van der Waals surface area contributed by atoms with Crippen molar-refractivity contribution in [3.05, 3.63) is 35.3 Å². The van der Waals surface area contributed by atoms with E-state index in [9.17, 15) is 0 Å². The largest absolute Gasteiger partial charge is 0.494 e. The molecule has 0 aliphatic heterocycles. The number of unbranched alkanes of at least 4 members (excludes halogenated alkanes) is 2. The molecule has 5 heteroatoms. The molecule has 1 aromatic heterocycles. The van der Waals surface area contributed by atoms with Gasteiger partial charge >= 0.3 is 0 Å². The van der Waals surface area contributed by atoms with Crippen LogP contribution in [0.1, 0.15) is 31.7 Å². The van der Waals surface area contributed by atoms with Crippen LogP contribution in [0.3, 0.4) is 0 Å². The summed E-state index contributed by atoms with van der Waals surface area (Å²) in [6, 6.07) is 8.18. The molecule has 1 N–H and O–H groups in total. The molecule has 0 fully saturated rings. The van der Waals surface area contributed by atoms with Gasteiger partial charge in [0.2, 0.25) is 5.13 Å². The maximum Gasteiger partial charge on any atom is 0.205 e. The number of anilines is 1. The van der Waals surface area contributed by atoms with Gasteiger partial charge in [0.15, 0.2) is 0 Å². The van der Waals surface area contributed by atoms with Crippen molar-refractivity contribution in [1.29, 1.82) is 0 Å². The van der Waals surface area contributed by atoms with E-state index in [0.29, 0.717) is 0 Å². The van der Waals surface area contributed by atoms with Crippen molar-refractivity contribution in [1.82, 2.24) is 10.2 Å². The lowest BCUT2D eigenvalue weighted by molar-refractivity contribution is 0.306. The van der Waals surface area contributed by atoms with Gasteiger partial charge in [0.25, 0.3) is 0 Å². The van der Waals surface area contributed by atoms with E-state index >= 15 is 0 Å². The third-order valence-electron chi connectivity index (χ3n) is 2.74. The minimum Gasteiger partial charge on any atom is -0.494 e. The van der Waals surface area contributed by atoms with E-state index in [4.69, 9.17) is 4.74 Å². The Labute approximate surface area is 117 Å². The molecule has 0 aliphatic rings. The molecule has 0 saturated carbocycles. The van der Waals surface area contributed by atoms with Gasteiger partial charge < -0.3 is 10.1 Å². The highest BCUT2D eigenvalue weighted by molar-refractivity contribution is 7.13. The molecule has 19 heavy (non-hydrogen) atoms. The van der Waals surface area contributed by atoms with Crippen LogP contribution >= 0.6 is 11.3 Å². The molecule has 0 bridgehead atoms. The lowest BCUT2D eigenvalue weighted by Crippen LogP contribution is -2.00. The average molecular weight is 277 g/mol. The summed E-state index contributed by atoms with van der Waals surface area (Å²) in [4.78, 5) is 0. The van der Waals surface area contributed by atoms with Crippen LogP contribution in [0.2, 0.25) is 0 Å². The molecule has 0 amide bonds. The first-order chi connectivity index (χ1) is 9.38. The summed E-state index contributed by atoms with van der Waals surface area (Å²) in [5.41, 5.74) is 2.92. The van der Waals surface area contributed by atoms with E-state index in [1.165, 1.54) is 29.7 Å². The molecular weight excluding hydrogens is 258 g/mol. The lowest BCUT2D eigenvalue weighted by Gasteiger charge is -2.07. The third-order valence-corrected chi connectivity index (χ3v) is 3.39. The Bertz CT molecular complexity index is 456. The molecule has 1 aromatic carbocycles. The van der Waals surface area contributed by atoms with Crippen LogP contribution < -0.4 is 10.1 Å². The zero-order valence-corrected chi connectivity index (χ0v) is 11.9. The first-order valence-corrected chi connectivity index (χ1v) is 7.48. The summed E-state index contributed by atoms with van der Waals surface area (Å²) in [5.74, 6) is 0.941. The summed E-state index contributed by atoms with van der Waals surface area (Å²) in [5, 5.41) is 11.8. The van der Waals surface area contributed by atoms with E-state index in [2.05, 4.69) is 34.6 Å². The maximum atomic E-state index is 5.67.